The van der Waals surface area contributed by atoms with Crippen molar-refractivity contribution in [1.82, 2.24) is 14.9 Å². The molecule has 0 saturated carbocycles. The number of amides is 2. The second-order valence-corrected chi connectivity index (χ2v) is 6.91. The Hall–Kier alpha value is -2.42. The quantitative estimate of drug-likeness (QED) is 0.563. The van der Waals surface area contributed by atoms with Crippen LogP contribution in [-0.2, 0) is 12.6 Å². The van der Waals surface area contributed by atoms with Crippen LogP contribution in [0, 0.1) is 5.95 Å². The van der Waals surface area contributed by atoms with Gasteiger partial charge in [0.25, 0.3) is 0 Å². The van der Waals surface area contributed by atoms with Gasteiger partial charge in [0, 0.05) is 30.1 Å². The first-order chi connectivity index (χ1) is 12.8. The van der Waals surface area contributed by atoms with Gasteiger partial charge in [0.15, 0.2) is 0 Å². The van der Waals surface area contributed by atoms with E-state index in [2.05, 4.69) is 15.3 Å². The number of carbonyl (C=O) groups excluding carboxylic acids is 1. The number of rotatable bonds is 1. The molecule has 10 heteroatoms. The first-order valence-electron chi connectivity index (χ1n) is 8.21. The summed E-state index contributed by atoms with van der Waals surface area (Å²) in [6.45, 7) is 0. The van der Waals surface area contributed by atoms with Gasteiger partial charge in [0.2, 0.25) is 5.95 Å². The summed E-state index contributed by atoms with van der Waals surface area (Å²) >= 11 is 5.66. The summed E-state index contributed by atoms with van der Waals surface area (Å²) in [7, 11) is 0. The first-order valence-corrected chi connectivity index (χ1v) is 8.59. The molecule has 27 heavy (non-hydrogen) atoms. The van der Waals surface area contributed by atoms with Gasteiger partial charge in [0.05, 0.1) is 16.6 Å². The zero-order chi connectivity index (χ0) is 19.3. The van der Waals surface area contributed by atoms with Gasteiger partial charge in [-0.3, -0.25) is 5.32 Å². The zero-order valence-corrected chi connectivity index (χ0v) is 14.5. The number of aromatic nitrogens is 2. The number of nitrogens with zero attached hydrogens (tertiary/aromatic N) is 3. The highest BCUT2D eigenvalue weighted by molar-refractivity contribution is 6.31. The predicted octanol–water partition coefficient (Wildman–Crippen LogP) is 4.58. The summed E-state index contributed by atoms with van der Waals surface area (Å²) in [5.41, 5.74) is 0.159. The third-order valence-electron chi connectivity index (χ3n) is 4.97. The molecule has 4 rings (SSSR count). The number of hydrogen-bond acceptors (Lipinski definition) is 3. The zero-order valence-electron chi connectivity index (χ0n) is 13.7. The molecule has 2 amide bonds. The molecular formula is C17H13ClF4N4O. The molecule has 2 atom stereocenters. The van der Waals surface area contributed by atoms with Crippen LogP contribution in [0.5, 0.6) is 0 Å². The molecular weight excluding hydrogens is 388 g/mol. The van der Waals surface area contributed by atoms with Gasteiger partial charge in [-0.25, -0.2) is 14.8 Å². The molecule has 0 spiro atoms. The molecule has 1 fully saturated rings. The molecule has 0 aromatic carbocycles. The fourth-order valence-corrected chi connectivity index (χ4v) is 4.07. The van der Waals surface area contributed by atoms with Crippen LogP contribution in [0.2, 0.25) is 5.02 Å². The minimum atomic E-state index is -4.62. The highest BCUT2D eigenvalue weighted by atomic mass is 35.5. The molecule has 2 bridgehead atoms. The lowest BCUT2D eigenvalue weighted by atomic mass is 9.95. The molecule has 2 aliphatic heterocycles. The van der Waals surface area contributed by atoms with Crippen molar-refractivity contribution >= 4 is 23.4 Å². The molecule has 2 aliphatic rings. The highest BCUT2D eigenvalue weighted by Gasteiger charge is 2.44. The van der Waals surface area contributed by atoms with E-state index in [0.717, 1.165) is 6.07 Å². The van der Waals surface area contributed by atoms with Crippen LogP contribution in [0.4, 0.5) is 28.2 Å². The van der Waals surface area contributed by atoms with Gasteiger partial charge >= 0.3 is 12.2 Å². The topological polar surface area (TPSA) is 58.1 Å². The Bertz CT molecular complexity index is 920. The number of pyridine rings is 2. The van der Waals surface area contributed by atoms with E-state index < -0.39 is 28.7 Å². The van der Waals surface area contributed by atoms with E-state index in [-0.39, 0.29) is 17.9 Å². The molecule has 0 radical (unpaired) electrons. The second kappa shape index (κ2) is 6.33. The molecule has 1 saturated heterocycles. The van der Waals surface area contributed by atoms with Crippen molar-refractivity contribution < 1.29 is 22.4 Å². The largest absolute Gasteiger partial charge is 0.419 e. The van der Waals surface area contributed by atoms with Crippen LogP contribution in [0.15, 0.2) is 24.5 Å². The average molecular weight is 401 g/mol. The van der Waals surface area contributed by atoms with Crippen molar-refractivity contribution in [2.24, 2.45) is 0 Å². The Morgan fingerprint density at radius 3 is 2.78 bits per heavy atom. The molecule has 5 nitrogen and oxygen atoms in total. The fraction of sp³-hybridized carbons (Fsp3) is 0.353. The first kappa shape index (κ1) is 18.0. The summed E-state index contributed by atoms with van der Waals surface area (Å²) in [4.78, 5) is 21.6. The van der Waals surface area contributed by atoms with E-state index in [1.165, 1.54) is 6.20 Å². The minimum absolute atomic E-state index is 0.0795. The van der Waals surface area contributed by atoms with E-state index >= 15 is 0 Å². The lowest BCUT2D eigenvalue weighted by molar-refractivity contribution is -0.137. The maximum atomic E-state index is 14.0. The molecule has 2 aromatic heterocycles. The Labute approximate surface area is 156 Å². The normalized spacial score (nSPS) is 21.1. The SMILES string of the molecule is O=C(Nc1cc(Cl)c(C(F)(F)F)cn1)N1C2CCC1c1ccnc(F)c1C2. The number of fused-ring (bicyclic) bond motifs is 4. The van der Waals surface area contributed by atoms with Gasteiger partial charge in [-0.15, -0.1) is 0 Å². The van der Waals surface area contributed by atoms with Crippen molar-refractivity contribution in [3.63, 3.8) is 0 Å². The fourth-order valence-electron chi connectivity index (χ4n) is 3.81. The van der Waals surface area contributed by atoms with Crippen molar-refractivity contribution in [1.29, 1.82) is 0 Å². The number of anilines is 1. The molecule has 2 aromatic rings. The van der Waals surface area contributed by atoms with E-state index in [1.807, 2.05) is 0 Å². The maximum Gasteiger partial charge on any atom is 0.419 e. The lowest BCUT2D eigenvalue weighted by Gasteiger charge is -2.36. The Kier molecular flexibility index (Phi) is 4.21. The van der Waals surface area contributed by atoms with E-state index in [1.54, 1.807) is 11.0 Å². The van der Waals surface area contributed by atoms with E-state index in [9.17, 15) is 22.4 Å². The number of alkyl halides is 3. The van der Waals surface area contributed by atoms with Gasteiger partial charge in [-0.2, -0.15) is 17.6 Å². The van der Waals surface area contributed by atoms with Crippen LogP contribution in [-0.4, -0.2) is 26.9 Å². The third-order valence-corrected chi connectivity index (χ3v) is 5.28. The summed E-state index contributed by atoms with van der Waals surface area (Å²) in [6.07, 6.45) is -0.955. The van der Waals surface area contributed by atoms with Gasteiger partial charge in [-0.1, -0.05) is 11.6 Å². The number of nitrogens with one attached hydrogen (secondary N) is 1. The van der Waals surface area contributed by atoms with E-state index in [0.29, 0.717) is 36.6 Å². The standard InChI is InChI=1S/C17H13ClF4N4O/c18-12-6-14(24-7-11(12)17(20,21)22)25-16(27)26-8-1-2-13(26)9-3-4-23-15(19)10(9)5-8/h3-4,6-8,13H,1-2,5H2,(H,24,25,27). The van der Waals surface area contributed by atoms with Crippen molar-refractivity contribution in [3.8, 4) is 0 Å². The van der Waals surface area contributed by atoms with Crippen LogP contribution >= 0.6 is 11.6 Å². The van der Waals surface area contributed by atoms with Crippen molar-refractivity contribution in [3.05, 3.63) is 52.2 Å². The summed E-state index contributed by atoms with van der Waals surface area (Å²) in [5, 5.41) is 1.94. The number of carbonyl (C=O) groups is 1. The maximum absolute atomic E-state index is 14.0. The Morgan fingerprint density at radius 1 is 1.30 bits per heavy atom. The van der Waals surface area contributed by atoms with Gasteiger partial charge in [-0.05, 0) is 30.9 Å². The molecule has 2 unspecified atom stereocenters. The second-order valence-electron chi connectivity index (χ2n) is 6.51. The number of halogens is 5. The third kappa shape index (κ3) is 3.09. The molecule has 1 N–H and O–H groups in total. The summed E-state index contributed by atoms with van der Waals surface area (Å²) in [5.74, 6) is -0.607. The van der Waals surface area contributed by atoms with Gasteiger partial charge < -0.3 is 4.90 Å². The van der Waals surface area contributed by atoms with Crippen molar-refractivity contribution in [2.75, 3.05) is 5.32 Å². The Morgan fingerprint density at radius 2 is 2.07 bits per heavy atom. The van der Waals surface area contributed by atoms with Crippen LogP contribution in [0.3, 0.4) is 0 Å². The molecule has 142 valence electrons. The molecule has 0 aliphatic carbocycles. The smallest absolute Gasteiger partial charge is 0.314 e. The minimum Gasteiger partial charge on any atom is -0.314 e. The number of hydrogen-bond donors (Lipinski definition) is 1. The average Bonchev–Trinajstić information content (AvgIpc) is 2.90. The van der Waals surface area contributed by atoms with Crippen LogP contribution in [0.25, 0.3) is 0 Å². The van der Waals surface area contributed by atoms with Crippen LogP contribution in [0.1, 0.15) is 35.6 Å². The number of urea groups is 1. The molecule has 4 heterocycles. The van der Waals surface area contributed by atoms with Crippen LogP contribution < -0.4 is 5.32 Å². The summed E-state index contributed by atoms with van der Waals surface area (Å²) < 4.78 is 52.2. The lowest BCUT2D eigenvalue weighted by Crippen LogP contribution is -2.44. The highest BCUT2D eigenvalue weighted by Crippen LogP contribution is 2.44. The predicted molar refractivity (Wildman–Crippen MR) is 88.8 cm³/mol. The van der Waals surface area contributed by atoms with Gasteiger partial charge in [0.1, 0.15) is 5.82 Å². The van der Waals surface area contributed by atoms with E-state index in [4.69, 9.17) is 11.6 Å². The summed E-state index contributed by atoms with van der Waals surface area (Å²) in [6, 6.07) is 1.64. The van der Waals surface area contributed by atoms with Crippen molar-refractivity contribution in [2.45, 2.75) is 37.5 Å². The Balaban J connectivity index is 1.57. The monoisotopic (exact) mass is 400 g/mol.